The van der Waals surface area contributed by atoms with E-state index in [0.29, 0.717) is 32.6 Å². The van der Waals surface area contributed by atoms with Gasteiger partial charge in [-0.05, 0) is 36.4 Å². The number of H-pyrrole nitrogens is 1. The molecule has 2 N–H and O–H groups in total. The lowest BCUT2D eigenvalue weighted by Crippen LogP contribution is -2.07. The quantitative estimate of drug-likeness (QED) is 0.438. The van der Waals surface area contributed by atoms with Crippen molar-refractivity contribution in [2.45, 2.75) is 6.61 Å². The van der Waals surface area contributed by atoms with E-state index in [0.717, 1.165) is 16.3 Å². The van der Waals surface area contributed by atoms with Gasteiger partial charge in [-0.2, -0.15) is 0 Å². The Labute approximate surface area is 169 Å². The third kappa shape index (κ3) is 3.26. The number of aromatic nitrogens is 2. The average molecular weight is 417 g/mol. The van der Waals surface area contributed by atoms with Crippen LogP contribution in [0, 0.1) is 0 Å². The van der Waals surface area contributed by atoms with E-state index in [2.05, 4.69) is 9.97 Å². The summed E-state index contributed by atoms with van der Waals surface area (Å²) < 4.78 is 11.1. The highest BCUT2D eigenvalue weighted by Gasteiger charge is 2.19. The number of nitrogens with one attached hydrogen (secondary N) is 1. The molecule has 142 valence electrons. The molecule has 8 heteroatoms. The van der Waals surface area contributed by atoms with E-state index >= 15 is 0 Å². The van der Waals surface area contributed by atoms with Gasteiger partial charge in [0.2, 0.25) is 0 Å². The lowest BCUT2D eigenvalue weighted by atomic mass is 10.1. The summed E-state index contributed by atoms with van der Waals surface area (Å²) >= 11 is 12.1. The molecule has 4 aromatic rings. The van der Waals surface area contributed by atoms with Crippen LogP contribution in [0.1, 0.15) is 16.1 Å². The summed E-state index contributed by atoms with van der Waals surface area (Å²) in [5.41, 5.74) is 2.00. The van der Waals surface area contributed by atoms with Crippen LogP contribution in [0.2, 0.25) is 10.0 Å². The van der Waals surface area contributed by atoms with E-state index < -0.39 is 5.97 Å². The molecule has 0 fully saturated rings. The number of hydrogen-bond acceptors (Lipinski definition) is 4. The maximum Gasteiger partial charge on any atom is 0.354 e. The van der Waals surface area contributed by atoms with Gasteiger partial charge in [-0.25, -0.2) is 9.78 Å². The molecule has 0 radical (unpaired) electrons. The Hall–Kier alpha value is -2.80. The maximum atomic E-state index is 11.6. The molecule has 4 rings (SSSR count). The van der Waals surface area contributed by atoms with Gasteiger partial charge >= 0.3 is 5.97 Å². The van der Waals surface area contributed by atoms with Crippen molar-refractivity contribution in [2.24, 2.45) is 0 Å². The van der Waals surface area contributed by atoms with E-state index in [9.17, 15) is 9.90 Å². The molecule has 2 aromatic carbocycles. The fraction of sp³-hybridized carbons (Fsp3) is 0.100. The van der Waals surface area contributed by atoms with Gasteiger partial charge in [0.25, 0.3) is 0 Å². The second-order valence-electron chi connectivity index (χ2n) is 6.12. The van der Waals surface area contributed by atoms with Gasteiger partial charge in [-0.15, -0.1) is 0 Å². The monoisotopic (exact) mass is 416 g/mol. The number of rotatable bonds is 5. The number of nitrogens with zero attached hydrogens (tertiary/aromatic N) is 1. The molecule has 28 heavy (non-hydrogen) atoms. The van der Waals surface area contributed by atoms with Gasteiger partial charge in [0.1, 0.15) is 11.5 Å². The fourth-order valence-corrected chi connectivity index (χ4v) is 3.60. The summed E-state index contributed by atoms with van der Waals surface area (Å²) in [6, 6.07) is 10.4. The number of aromatic amines is 1. The SMILES string of the molecule is COCc1c(C(=O)O)ncc2[nH]c3ccc(Oc4ccc(Cl)cc4Cl)cc3c12. The molecule has 0 aliphatic heterocycles. The molecular formula is C20H14Cl2N2O4. The number of benzene rings is 2. The van der Waals surface area contributed by atoms with Gasteiger partial charge < -0.3 is 19.6 Å². The number of ether oxygens (including phenoxy) is 2. The summed E-state index contributed by atoms with van der Waals surface area (Å²) in [6.07, 6.45) is 1.51. The lowest BCUT2D eigenvalue weighted by Gasteiger charge is -2.09. The molecule has 6 nitrogen and oxygen atoms in total. The minimum Gasteiger partial charge on any atom is -0.477 e. The first-order valence-electron chi connectivity index (χ1n) is 8.26. The first kappa shape index (κ1) is 18.6. The standard InChI is InChI=1S/C20H14Cl2N2O4/c1-27-9-13-18-12-7-11(28-17-5-2-10(21)6-14(17)22)3-4-15(12)24-16(18)8-23-19(13)20(25)26/h2-8,24H,9H2,1H3,(H,25,26). The molecule has 0 aliphatic rings. The van der Waals surface area contributed by atoms with Crippen LogP contribution < -0.4 is 4.74 Å². The Morgan fingerprint density at radius 2 is 2.00 bits per heavy atom. The number of carbonyl (C=O) groups is 1. The van der Waals surface area contributed by atoms with Crippen LogP contribution in [0.25, 0.3) is 21.8 Å². The highest BCUT2D eigenvalue weighted by molar-refractivity contribution is 6.35. The van der Waals surface area contributed by atoms with Gasteiger partial charge in [-0.1, -0.05) is 23.2 Å². The first-order chi connectivity index (χ1) is 13.5. The molecular weight excluding hydrogens is 403 g/mol. The molecule has 0 amide bonds. The normalized spacial score (nSPS) is 11.2. The minimum atomic E-state index is -1.11. The van der Waals surface area contributed by atoms with Crippen molar-refractivity contribution in [3.8, 4) is 11.5 Å². The molecule has 0 atom stereocenters. The predicted molar refractivity (Wildman–Crippen MR) is 108 cm³/mol. The average Bonchev–Trinajstić information content (AvgIpc) is 3.02. The van der Waals surface area contributed by atoms with E-state index in [4.69, 9.17) is 32.7 Å². The predicted octanol–water partition coefficient (Wildman–Crippen LogP) is 5.66. The first-order valence-corrected chi connectivity index (χ1v) is 9.02. The van der Waals surface area contributed by atoms with Crippen molar-refractivity contribution in [3.05, 3.63) is 63.9 Å². The van der Waals surface area contributed by atoms with Crippen LogP contribution in [0.4, 0.5) is 0 Å². The largest absolute Gasteiger partial charge is 0.477 e. The van der Waals surface area contributed by atoms with E-state index in [-0.39, 0.29) is 12.3 Å². The number of methoxy groups -OCH3 is 1. The third-order valence-corrected chi connectivity index (χ3v) is 4.85. The maximum absolute atomic E-state index is 11.6. The minimum absolute atomic E-state index is 0.0395. The molecule has 2 heterocycles. The number of fused-ring (bicyclic) bond motifs is 3. The van der Waals surface area contributed by atoms with Crippen molar-refractivity contribution < 1.29 is 19.4 Å². The molecule has 0 unspecified atom stereocenters. The Bertz CT molecular complexity index is 1220. The summed E-state index contributed by atoms with van der Waals surface area (Å²) in [7, 11) is 1.51. The van der Waals surface area contributed by atoms with Crippen molar-refractivity contribution in [1.29, 1.82) is 0 Å². The highest BCUT2D eigenvalue weighted by Crippen LogP contribution is 2.36. The zero-order valence-electron chi connectivity index (χ0n) is 14.6. The number of pyridine rings is 1. The van der Waals surface area contributed by atoms with Crippen molar-refractivity contribution >= 4 is 51.0 Å². The summed E-state index contributed by atoms with van der Waals surface area (Å²) in [5, 5.41) is 11.9. The van der Waals surface area contributed by atoms with Crippen molar-refractivity contribution in [3.63, 3.8) is 0 Å². The van der Waals surface area contributed by atoms with Gasteiger partial charge in [0.05, 0.1) is 23.3 Å². The van der Waals surface area contributed by atoms with Crippen molar-refractivity contribution in [2.75, 3.05) is 7.11 Å². The Kier molecular flexibility index (Phi) is 4.85. The fourth-order valence-electron chi connectivity index (χ4n) is 3.16. The molecule has 2 aromatic heterocycles. The van der Waals surface area contributed by atoms with Crippen LogP contribution in [0.3, 0.4) is 0 Å². The van der Waals surface area contributed by atoms with Crippen LogP contribution in [0.5, 0.6) is 11.5 Å². The zero-order valence-corrected chi connectivity index (χ0v) is 16.1. The zero-order chi connectivity index (χ0) is 19.8. The smallest absolute Gasteiger partial charge is 0.354 e. The summed E-state index contributed by atoms with van der Waals surface area (Å²) in [5.74, 6) is -0.0893. The Morgan fingerprint density at radius 1 is 1.18 bits per heavy atom. The van der Waals surface area contributed by atoms with E-state index in [1.54, 1.807) is 24.3 Å². The van der Waals surface area contributed by atoms with Crippen LogP contribution in [-0.4, -0.2) is 28.2 Å². The summed E-state index contributed by atoms with van der Waals surface area (Å²) in [6.45, 7) is 0.118. The number of aromatic carboxylic acids is 1. The van der Waals surface area contributed by atoms with Crippen LogP contribution >= 0.6 is 23.2 Å². The van der Waals surface area contributed by atoms with Crippen LogP contribution in [-0.2, 0) is 11.3 Å². The van der Waals surface area contributed by atoms with Gasteiger partial charge in [-0.3, -0.25) is 0 Å². The Balaban J connectivity index is 1.88. The molecule has 0 saturated heterocycles. The molecule has 0 spiro atoms. The van der Waals surface area contributed by atoms with Gasteiger partial charge in [0, 0.05) is 34.0 Å². The number of carboxylic acid groups (broad SMARTS) is 1. The molecule has 0 aliphatic carbocycles. The number of carboxylic acids is 1. The topological polar surface area (TPSA) is 84.4 Å². The molecule has 0 saturated carbocycles. The van der Waals surface area contributed by atoms with Gasteiger partial charge in [0.15, 0.2) is 5.69 Å². The second kappa shape index (κ2) is 7.31. The summed E-state index contributed by atoms with van der Waals surface area (Å²) in [4.78, 5) is 18.9. The van der Waals surface area contributed by atoms with E-state index in [1.165, 1.54) is 13.3 Å². The second-order valence-corrected chi connectivity index (χ2v) is 6.97. The third-order valence-electron chi connectivity index (χ3n) is 4.32. The Morgan fingerprint density at radius 3 is 2.71 bits per heavy atom. The number of halogens is 2. The number of hydrogen-bond donors (Lipinski definition) is 2. The van der Waals surface area contributed by atoms with Crippen molar-refractivity contribution in [1.82, 2.24) is 9.97 Å². The highest BCUT2D eigenvalue weighted by atomic mass is 35.5. The molecule has 0 bridgehead atoms. The van der Waals surface area contributed by atoms with E-state index in [1.807, 2.05) is 12.1 Å². The van der Waals surface area contributed by atoms with Crippen LogP contribution in [0.15, 0.2) is 42.6 Å². The lowest BCUT2D eigenvalue weighted by molar-refractivity contribution is 0.0685.